The van der Waals surface area contributed by atoms with Crippen LogP contribution in [0.15, 0.2) is 54.9 Å². The summed E-state index contributed by atoms with van der Waals surface area (Å²) in [5, 5.41) is 0. The maximum Gasteiger partial charge on any atom is 0.187 e. The lowest BCUT2D eigenvalue weighted by molar-refractivity contribution is 0.104. The fourth-order valence-corrected chi connectivity index (χ4v) is 1.54. The second-order valence-electron chi connectivity index (χ2n) is 3.69. The van der Waals surface area contributed by atoms with E-state index in [4.69, 9.17) is 0 Å². The molecule has 0 atom stereocenters. The summed E-state index contributed by atoms with van der Waals surface area (Å²) < 4.78 is 0. The Hall–Kier alpha value is -2.55. The molecule has 1 aromatic heterocycles. The van der Waals surface area contributed by atoms with Gasteiger partial charge in [0.25, 0.3) is 0 Å². The number of aromatic nitrogens is 1. The van der Waals surface area contributed by atoms with Crippen molar-refractivity contribution < 1.29 is 9.59 Å². The second-order valence-corrected chi connectivity index (χ2v) is 3.69. The first-order valence-corrected chi connectivity index (χ1v) is 5.48. The highest BCUT2D eigenvalue weighted by Crippen LogP contribution is 2.09. The molecule has 0 bridgehead atoms. The standard InChI is InChI=1S/C15H11NO2/c17-11-14-5-2-1-4-12(14)7-8-15(18)13-6-3-9-16-10-13/h1-11H. The van der Waals surface area contributed by atoms with Crippen LogP contribution in [-0.2, 0) is 0 Å². The molecule has 0 spiro atoms. The van der Waals surface area contributed by atoms with Crippen molar-refractivity contribution in [3.63, 3.8) is 0 Å². The summed E-state index contributed by atoms with van der Waals surface area (Å²) in [5.74, 6) is -0.135. The third-order valence-corrected chi connectivity index (χ3v) is 2.48. The number of carbonyl (C=O) groups is 2. The van der Waals surface area contributed by atoms with Gasteiger partial charge in [-0.05, 0) is 23.8 Å². The lowest BCUT2D eigenvalue weighted by Gasteiger charge is -1.97. The minimum absolute atomic E-state index is 0.135. The zero-order valence-electron chi connectivity index (χ0n) is 9.61. The molecule has 0 fully saturated rings. The molecule has 0 saturated carbocycles. The molecule has 0 N–H and O–H groups in total. The Morgan fingerprint density at radius 1 is 1.06 bits per heavy atom. The van der Waals surface area contributed by atoms with Gasteiger partial charge in [-0.3, -0.25) is 14.6 Å². The number of rotatable bonds is 4. The topological polar surface area (TPSA) is 47.0 Å². The largest absolute Gasteiger partial charge is 0.298 e. The Labute approximate surface area is 105 Å². The Bertz CT molecular complexity index is 588. The highest BCUT2D eigenvalue weighted by Gasteiger charge is 2.01. The molecule has 0 radical (unpaired) electrons. The molecule has 2 aromatic rings. The number of hydrogen-bond acceptors (Lipinski definition) is 3. The zero-order chi connectivity index (χ0) is 12.8. The molecule has 3 heteroatoms. The summed E-state index contributed by atoms with van der Waals surface area (Å²) in [4.78, 5) is 26.5. The van der Waals surface area contributed by atoms with Gasteiger partial charge in [0.2, 0.25) is 0 Å². The number of allylic oxidation sites excluding steroid dienone is 1. The number of benzene rings is 1. The Balaban J connectivity index is 2.21. The highest BCUT2D eigenvalue weighted by molar-refractivity contribution is 6.06. The van der Waals surface area contributed by atoms with Crippen LogP contribution >= 0.6 is 0 Å². The fourth-order valence-electron chi connectivity index (χ4n) is 1.54. The van der Waals surface area contributed by atoms with Gasteiger partial charge in [-0.25, -0.2) is 0 Å². The molecule has 18 heavy (non-hydrogen) atoms. The van der Waals surface area contributed by atoms with Crippen LogP contribution in [0.25, 0.3) is 6.08 Å². The molecule has 0 aliphatic heterocycles. The van der Waals surface area contributed by atoms with E-state index in [1.807, 2.05) is 6.07 Å². The van der Waals surface area contributed by atoms with Gasteiger partial charge in [-0.15, -0.1) is 0 Å². The molecule has 0 amide bonds. The zero-order valence-corrected chi connectivity index (χ0v) is 9.61. The van der Waals surface area contributed by atoms with Crippen LogP contribution in [0.3, 0.4) is 0 Å². The second kappa shape index (κ2) is 5.68. The van der Waals surface area contributed by atoms with Gasteiger partial charge in [0.15, 0.2) is 12.1 Å². The molecule has 88 valence electrons. The van der Waals surface area contributed by atoms with Crippen molar-refractivity contribution in [3.05, 3.63) is 71.6 Å². The van der Waals surface area contributed by atoms with Crippen molar-refractivity contribution >= 4 is 18.1 Å². The van der Waals surface area contributed by atoms with E-state index in [-0.39, 0.29) is 5.78 Å². The summed E-state index contributed by atoms with van der Waals surface area (Å²) in [6.07, 6.45) is 6.98. The van der Waals surface area contributed by atoms with E-state index >= 15 is 0 Å². The molecule has 0 saturated heterocycles. The van der Waals surface area contributed by atoms with E-state index in [1.54, 1.807) is 42.6 Å². The molecule has 0 aliphatic carbocycles. The molecule has 1 heterocycles. The minimum atomic E-state index is -0.135. The monoisotopic (exact) mass is 237 g/mol. The first-order chi connectivity index (χ1) is 8.81. The summed E-state index contributed by atoms with van der Waals surface area (Å²) >= 11 is 0. The van der Waals surface area contributed by atoms with E-state index < -0.39 is 0 Å². The number of carbonyl (C=O) groups excluding carboxylic acids is 2. The van der Waals surface area contributed by atoms with Gasteiger partial charge >= 0.3 is 0 Å². The Morgan fingerprint density at radius 3 is 2.50 bits per heavy atom. The van der Waals surface area contributed by atoms with Crippen LogP contribution < -0.4 is 0 Å². The van der Waals surface area contributed by atoms with E-state index in [9.17, 15) is 9.59 Å². The number of aldehydes is 1. The molecule has 0 aliphatic rings. The first kappa shape index (κ1) is 11.9. The molecule has 3 nitrogen and oxygen atoms in total. The average Bonchev–Trinajstić information content (AvgIpc) is 2.46. The maximum atomic E-state index is 11.8. The maximum absolute atomic E-state index is 11.8. The smallest absolute Gasteiger partial charge is 0.187 e. The van der Waals surface area contributed by atoms with Gasteiger partial charge in [0.1, 0.15) is 0 Å². The first-order valence-electron chi connectivity index (χ1n) is 5.48. The SMILES string of the molecule is O=Cc1ccccc1C=CC(=O)c1cccnc1. The minimum Gasteiger partial charge on any atom is -0.298 e. The van der Waals surface area contributed by atoms with Crippen molar-refractivity contribution in [3.8, 4) is 0 Å². The number of hydrogen-bond donors (Lipinski definition) is 0. The average molecular weight is 237 g/mol. The summed E-state index contributed by atoms with van der Waals surface area (Å²) in [7, 11) is 0. The quantitative estimate of drug-likeness (QED) is 0.466. The lowest BCUT2D eigenvalue weighted by Crippen LogP contribution is -1.94. The van der Waals surface area contributed by atoms with Gasteiger partial charge < -0.3 is 0 Å². The van der Waals surface area contributed by atoms with E-state index in [0.29, 0.717) is 11.1 Å². The summed E-state index contributed by atoms with van der Waals surface area (Å²) in [6.45, 7) is 0. The fraction of sp³-hybridized carbons (Fsp3) is 0. The third kappa shape index (κ3) is 2.77. The highest BCUT2D eigenvalue weighted by atomic mass is 16.1. The Morgan fingerprint density at radius 2 is 1.83 bits per heavy atom. The molecule has 0 unspecified atom stereocenters. The van der Waals surface area contributed by atoms with Crippen LogP contribution in [0.1, 0.15) is 26.3 Å². The van der Waals surface area contributed by atoms with Crippen LogP contribution in [0.5, 0.6) is 0 Å². The Kier molecular flexibility index (Phi) is 3.76. The van der Waals surface area contributed by atoms with Gasteiger partial charge in [0.05, 0.1) is 0 Å². The summed E-state index contributed by atoms with van der Waals surface area (Å²) in [6, 6.07) is 10.5. The van der Waals surface area contributed by atoms with Gasteiger partial charge in [-0.2, -0.15) is 0 Å². The molecule has 1 aromatic carbocycles. The van der Waals surface area contributed by atoms with Crippen LogP contribution in [0.2, 0.25) is 0 Å². The predicted octanol–water partition coefficient (Wildman–Crippen LogP) is 2.79. The van der Waals surface area contributed by atoms with Gasteiger partial charge in [-0.1, -0.05) is 30.3 Å². The van der Waals surface area contributed by atoms with E-state index in [1.165, 1.54) is 12.3 Å². The van der Waals surface area contributed by atoms with Crippen LogP contribution in [0, 0.1) is 0 Å². The normalized spacial score (nSPS) is 10.4. The number of pyridine rings is 1. The molecular formula is C15H11NO2. The van der Waals surface area contributed by atoms with Crippen LogP contribution in [0.4, 0.5) is 0 Å². The third-order valence-electron chi connectivity index (χ3n) is 2.48. The van der Waals surface area contributed by atoms with Crippen molar-refractivity contribution in [1.82, 2.24) is 4.98 Å². The lowest BCUT2D eigenvalue weighted by atomic mass is 10.1. The predicted molar refractivity (Wildman–Crippen MR) is 69.4 cm³/mol. The van der Waals surface area contributed by atoms with Gasteiger partial charge in [0, 0.05) is 23.5 Å². The number of ketones is 1. The van der Waals surface area contributed by atoms with Crippen molar-refractivity contribution in [2.45, 2.75) is 0 Å². The van der Waals surface area contributed by atoms with E-state index in [2.05, 4.69) is 4.98 Å². The molecular weight excluding hydrogens is 226 g/mol. The van der Waals surface area contributed by atoms with Crippen molar-refractivity contribution in [2.75, 3.05) is 0 Å². The summed E-state index contributed by atoms with van der Waals surface area (Å²) in [5.41, 5.74) is 1.81. The van der Waals surface area contributed by atoms with E-state index in [0.717, 1.165) is 11.8 Å². The number of nitrogens with zero attached hydrogens (tertiary/aromatic N) is 1. The van der Waals surface area contributed by atoms with Crippen molar-refractivity contribution in [1.29, 1.82) is 0 Å². The van der Waals surface area contributed by atoms with Crippen LogP contribution in [-0.4, -0.2) is 17.1 Å². The van der Waals surface area contributed by atoms with Crippen molar-refractivity contribution in [2.24, 2.45) is 0 Å². The molecule has 2 rings (SSSR count).